The number of para-hydroxylation sites is 1. The number of H-pyrrole nitrogens is 1. The van der Waals surface area contributed by atoms with E-state index in [2.05, 4.69) is 20.9 Å². The number of carbonyl (C=O) groups excluding carboxylic acids is 4. The van der Waals surface area contributed by atoms with Crippen LogP contribution in [-0.2, 0) is 38.6 Å². The second kappa shape index (κ2) is 14.0. The molecule has 10 nitrogen and oxygen atoms in total. The number of benzene rings is 4. The number of hydrogen-bond acceptors (Lipinski definition) is 5. The van der Waals surface area contributed by atoms with Crippen molar-refractivity contribution in [2.75, 3.05) is 6.54 Å². The van der Waals surface area contributed by atoms with Crippen molar-refractivity contribution in [3.63, 3.8) is 0 Å². The van der Waals surface area contributed by atoms with Gasteiger partial charge in [-0.3, -0.25) is 14.4 Å². The maximum Gasteiger partial charge on any atom is 0.408 e. The number of ether oxygens (including phenoxy) is 1. The summed E-state index contributed by atoms with van der Waals surface area (Å²) in [5.41, 5.74) is 8.11. The van der Waals surface area contributed by atoms with E-state index in [1.807, 2.05) is 97.9 Å². The molecule has 0 aliphatic carbocycles. The van der Waals surface area contributed by atoms with E-state index in [1.165, 1.54) is 0 Å². The van der Waals surface area contributed by atoms with Gasteiger partial charge in [0, 0.05) is 29.9 Å². The van der Waals surface area contributed by atoms with Gasteiger partial charge in [0.25, 0.3) is 0 Å². The summed E-state index contributed by atoms with van der Waals surface area (Å²) in [6, 6.07) is 27.6. The number of aryl methyl sites for hydroxylation is 1. The van der Waals surface area contributed by atoms with Crippen molar-refractivity contribution in [2.24, 2.45) is 5.73 Å². The fourth-order valence-electron chi connectivity index (χ4n) is 5.49. The second-order valence-corrected chi connectivity index (χ2v) is 11.6. The molecule has 5 aromatic rings. The molecule has 4 aromatic carbocycles. The van der Waals surface area contributed by atoms with Gasteiger partial charge in [0.1, 0.15) is 18.2 Å². The number of alkyl carbamates (subject to hydrolysis) is 1. The number of aromatic amines is 1. The third kappa shape index (κ3) is 7.71. The molecule has 1 heterocycles. The standard InChI is InChI=1S/C36H37N5O5/c1-23-14-16-24(17-15-23)19-36(2,34(44)39-21-32(37)42)41-33(43)31(18-27-20-38-30-13-6-5-12-29(27)30)40-35(45)46-22-26-10-7-9-25-8-3-4-11-28(25)26/h3-17,20,31,38H,18-19,21-22H2,1-2H3,(H2,37,42)(H,39,44)(H,40,45)(H,41,43)/t31-,36+/m0/s1. The molecule has 6 N–H and O–H groups in total. The van der Waals surface area contributed by atoms with Gasteiger partial charge in [-0.15, -0.1) is 0 Å². The van der Waals surface area contributed by atoms with E-state index in [4.69, 9.17) is 10.5 Å². The molecule has 4 amide bonds. The highest BCUT2D eigenvalue weighted by Gasteiger charge is 2.38. The zero-order valence-corrected chi connectivity index (χ0v) is 25.8. The molecule has 1 aromatic heterocycles. The van der Waals surface area contributed by atoms with Crippen LogP contribution in [0.15, 0.2) is 97.2 Å². The summed E-state index contributed by atoms with van der Waals surface area (Å²) in [6.45, 7) is 3.12. The van der Waals surface area contributed by atoms with Crippen LogP contribution in [0.25, 0.3) is 21.7 Å². The van der Waals surface area contributed by atoms with Crippen LogP contribution < -0.4 is 21.7 Å². The summed E-state index contributed by atoms with van der Waals surface area (Å²) >= 11 is 0. The lowest BCUT2D eigenvalue weighted by molar-refractivity contribution is -0.134. The monoisotopic (exact) mass is 619 g/mol. The average molecular weight is 620 g/mol. The Labute approximate surface area is 266 Å². The first-order valence-electron chi connectivity index (χ1n) is 15.0. The molecule has 0 spiro atoms. The van der Waals surface area contributed by atoms with Crippen LogP contribution in [0.4, 0.5) is 4.79 Å². The Hall–Kier alpha value is -5.64. The van der Waals surface area contributed by atoms with Gasteiger partial charge >= 0.3 is 6.09 Å². The zero-order chi connectivity index (χ0) is 32.7. The van der Waals surface area contributed by atoms with Gasteiger partial charge in [0.05, 0.1) is 6.54 Å². The van der Waals surface area contributed by atoms with Crippen LogP contribution in [-0.4, -0.2) is 46.9 Å². The molecular formula is C36H37N5O5. The van der Waals surface area contributed by atoms with E-state index in [9.17, 15) is 19.2 Å². The average Bonchev–Trinajstić information content (AvgIpc) is 3.46. The van der Waals surface area contributed by atoms with Crippen LogP contribution in [0.5, 0.6) is 0 Å². The van der Waals surface area contributed by atoms with E-state index >= 15 is 0 Å². The third-order valence-electron chi connectivity index (χ3n) is 7.95. The smallest absolute Gasteiger partial charge is 0.408 e. The first-order chi connectivity index (χ1) is 22.1. The quantitative estimate of drug-likeness (QED) is 0.142. The summed E-state index contributed by atoms with van der Waals surface area (Å²) < 4.78 is 5.60. The number of carbonyl (C=O) groups is 4. The lowest BCUT2D eigenvalue weighted by Gasteiger charge is -2.31. The normalized spacial score (nSPS) is 13.0. The minimum Gasteiger partial charge on any atom is -0.445 e. The van der Waals surface area contributed by atoms with E-state index in [0.717, 1.165) is 43.9 Å². The minimum atomic E-state index is -1.49. The van der Waals surface area contributed by atoms with E-state index < -0.39 is 41.9 Å². The molecule has 236 valence electrons. The summed E-state index contributed by atoms with van der Waals surface area (Å²) in [5, 5.41) is 11.0. The first-order valence-corrected chi connectivity index (χ1v) is 15.0. The number of primary amides is 1. The number of aromatic nitrogens is 1. The van der Waals surface area contributed by atoms with Gasteiger partial charge in [0.15, 0.2) is 0 Å². The minimum absolute atomic E-state index is 0.00469. The largest absolute Gasteiger partial charge is 0.445 e. The Kier molecular flexibility index (Phi) is 9.66. The Balaban J connectivity index is 1.39. The summed E-state index contributed by atoms with van der Waals surface area (Å²) in [7, 11) is 0. The van der Waals surface area contributed by atoms with Crippen molar-refractivity contribution in [1.82, 2.24) is 20.9 Å². The summed E-state index contributed by atoms with van der Waals surface area (Å²) in [4.78, 5) is 55.3. The third-order valence-corrected chi connectivity index (χ3v) is 7.95. The van der Waals surface area contributed by atoms with Gasteiger partial charge in [0.2, 0.25) is 17.7 Å². The van der Waals surface area contributed by atoms with Crippen LogP contribution in [0.3, 0.4) is 0 Å². The lowest BCUT2D eigenvalue weighted by atomic mass is 9.90. The van der Waals surface area contributed by atoms with Gasteiger partial charge in [-0.25, -0.2) is 4.79 Å². The highest BCUT2D eigenvalue weighted by atomic mass is 16.5. The molecule has 0 fully saturated rings. The van der Waals surface area contributed by atoms with Crippen molar-refractivity contribution in [2.45, 2.75) is 44.9 Å². The number of rotatable bonds is 12. The molecule has 2 atom stereocenters. The Morgan fingerprint density at radius 1 is 0.870 bits per heavy atom. The number of hydrogen-bond donors (Lipinski definition) is 5. The molecule has 0 aliphatic heterocycles. The van der Waals surface area contributed by atoms with Crippen LogP contribution in [0.2, 0.25) is 0 Å². The number of fused-ring (bicyclic) bond motifs is 2. The van der Waals surface area contributed by atoms with Gasteiger partial charge < -0.3 is 31.4 Å². The van der Waals surface area contributed by atoms with Crippen LogP contribution in [0, 0.1) is 6.92 Å². The second-order valence-electron chi connectivity index (χ2n) is 11.6. The molecule has 46 heavy (non-hydrogen) atoms. The number of nitrogens with two attached hydrogens (primary N) is 1. The molecular weight excluding hydrogens is 582 g/mol. The Morgan fingerprint density at radius 2 is 1.57 bits per heavy atom. The number of nitrogens with one attached hydrogen (secondary N) is 4. The fraction of sp³-hybridized carbons (Fsp3) is 0.222. The predicted molar refractivity (Wildman–Crippen MR) is 177 cm³/mol. The van der Waals surface area contributed by atoms with Crippen LogP contribution in [0.1, 0.15) is 29.2 Å². The van der Waals surface area contributed by atoms with Gasteiger partial charge in [-0.1, -0.05) is 90.5 Å². The summed E-state index contributed by atoms with van der Waals surface area (Å²) in [5.74, 6) is -1.91. The maximum absolute atomic E-state index is 14.0. The lowest BCUT2D eigenvalue weighted by Crippen LogP contribution is -2.62. The predicted octanol–water partition coefficient (Wildman–Crippen LogP) is 4.19. The number of amides is 4. The van der Waals surface area contributed by atoms with Crippen molar-refractivity contribution in [1.29, 1.82) is 0 Å². The van der Waals surface area contributed by atoms with Crippen molar-refractivity contribution < 1.29 is 23.9 Å². The fourth-order valence-corrected chi connectivity index (χ4v) is 5.49. The zero-order valence-electron chi connectivity index (χ0n) is 25.8. The Bertz CT molecular complexity index is 1880. The van der Waals surface area contributed by atoms with Crippen molar-refractivity contribution >= 4 is 45.5 Å². The highest BCUT2D eigenvalue weighted by Crippen LogP contribution is 2.22. The van der Waals surface area contributed by atoms with Crippen molar-refractivity contribution in [3.05, 3.63) is 119 Å². The molecule has 10 heteroatoms. The summed E-state index contributed by atoms with van der Waals surface area (Å²) in [6.07, 6.45) is 1.24. The SMILES string of the molecule is Cc1ccc(C[C@@](C)(NC(=O)[C@H](Cc2c[nH]c3ccccc23)NC(=O)OCc2cccc3ccccc23)C(=O)NCC(N)=O)cc1. The Morgan fingerprint density at radius 3 is 2.33 bits per heavy atom. The van der Waals surface area contributed by atoms with Crippen LogP contribution >= 0.6 is 0 Å². The molecule has 0 unspecified atom stereocenters. The molecule has 0 saturated heterocycles. The van der Waals surface area contributed by atoms with Crippen molar-refractivity contribution in [3.8, 4) is 0 Å². The molecule has 0 bridgehead atoms. The maximum atomic E-state index is 14.0. The van der Waals surface area contributed by atoms with E-state index in [-0.39, 0.29) is 19.4 Å². The highest BCUT2D eigenvalue weighted by molar-refractivity contribution is 5.96. The molecule has 5 rings (SSSR count). The topological polar surface area (TPSA) is 155 Å². The van der Waals surface area contributed by atoms with E-state index in [0.29, 0.717) is 0 Å². The van der Waals surface area contributed by atoms with E-state index in [1.54, 1.807) is 13.1 Å². The molecule has 0 aliphatic rings. The van der Waals surface area contributed by atoms with Gasteiger partial charge in [-0.05, 0) is 47.4 Å². The van der Waals surface area contributed by atoms with Gasteiger partial charge in [-0.2, -0.15) is 0 Å². The first kappa shape index (κ1) is 31.8. The molecule has 0 radical (unpaired) electrons. The molecule has 0 saturated carbocycles.